The summed E-state index contributed by atoms with van der Waals surface area (Å²) in [5.41, 5.74) is -8.23. The second kappa shape index (κ2) is 5.82. The zero-order valence-corrected chi connectivity index (χ0v) is 21.5. The van der Waals surface area contributed by atoms with Crippen molar-refractivity contribution in [1.29, 1.82) is 0 Å². The number of fused-ring (bicyclic) bond motifs is 4. The summed E-state index contributed by atoms with van der Waals surface area (Å²) in [6.07, 6.45) is 3.82. The molecule has 3 spiro atoms. The number of hydrogen-bond acceptors (Lipinski definition) is 10. The third kappa shape index (κ3) is 1.79. The van der Waals surface area contributed by atoms with Crippen LogP contribution in [0.25, 0.3) is 0 Å². The van der Waals surface area contributed by atoms with Crippen LogP contribution in [-0.2, 0) is 42.9 Å². The Labute approximate surface area is 218 Å². The molecular weight excluding hydrogens is 496 g/mol. The lowest BCUT2D eigenvalue weighted by Gasteiger charge is -2.63. The first-order chi connectivity index (χ1) is 17.9. The summed E-state index contributed by atoms with van der Waals surface area (Å²) in [5.74, 6) is -6.56. The van der Waals surface area contributed by atoms with Crippen LogP contribution in [0.1, 0.15) is 52.9 Å². The van der Waals surface area contributed by atoms with Crippen molar-refractivity contribution in [1.82, 2.24) is 0 Å². The maximum absolute atomic E-state index is 14.9. The summed E-state index contributed by atoms with van der Waals surface area (Å²) >= 11 is 0. The average Bonchev–Trinajstić information content (AvgIpc) is 3.45. The summed E-state index contributed by atoms with van der Waals surface area (Å²) in [7, 11) is 0. The van der Waals surface area contributed by atoms with Crippen LogP contribution in [0, 0.1) is 34.5 Å². The van der Waals surface area contributed by atoms with Crippen LogP contribution in [0.5, 0.6) is 0 Å². The predicted molar refractivity (Wildman–Crippen MR) is 122 cm³/mol. The Morgan fingerprint density at radius 1 is 1.05 bits per heavy atom. The summed E-state index contributed by atoms with van der Waals surface area (Å²) in [6.45, 7) is 5.27. The number of rotatable bonds is 0. The van der Waals surface area contributed by atoms with Crippen molar-refractivity contribution >= 4 is 23.5 Å². The van der Waals surface area contributed by atoms with E-state index < -0.39 is 80.7 Å². The minimum Gasteiger partial charge on any atom is -0.458 e. The molecule has 202 valence electrons. The van der Waals surface area contributed by atoms with Gasteiger partial charge in [-0.15, -0.1) is 0 Å². The van der Waals surface area contributed by atoms with Crippen molar-refractivity contribution in [3.8, 4) is 0 Å². The molecule has 3 aliphatic carbocycles. The van der Waals surface area contributed by atoms with Crippen molar-refractivity contribution in [2.75, 3.05) is 6.61 Å². The largest absolute Gasteiger partial charge is 0.458 e. The maximum atomic E-state index is 14.9. The van der Waals surface area contributed by atoms with Gasteiger partial charge in [-0.05, 0) is 63.4 Å². The normalized spacial score (nSPS) is 64.1. The third-order valence-corrected chi connectivity index (χ3v) is 12.9. The van der Waals surface area contributed by atoms with Crippen LogP contribution in [-0.4, -0.2) is 75.6 Å². The first-order valence-corrected chi connectivity index (χ1v) is 13.8. The lowest BCUT2D eigenvalue weighted by atomic mass is 9.46. The highest BCUT2D eigenvalue weighted by Crippen LogP contribution is 2.77. The van der Waals surface area contributed by atoms with Crippen LogP contribution < -0.4 is 0 Å². The second-order valence-electron chi connectivity index (χ2n) is 13.8. The molecule has 0 aromatic carbocycles. The number of aliphatic hydroxyl groups is 1. The Balaban J connectivity index is 1.34. The number of epoxide rings is 1. The van der Waals surface area contributed by atoms with Gasteiger partial charge in [0.25, 0.3) is 0 Å². The lowest BCUT2D eigenvalue weighted by molar-refractivity contribution is -0.375. The SMILES string of the molecule is C[C@@]12C[C@@H]3OC(=O)[C@@H]1COC14O[C@]5([C@H]2C1=O)[C@@](O)(CC[C@H]1[C@H]4CC2OC24CC=CC(=O)[C@]14C)C(=O)O[C@@]35C. The molecule has 1 N–H and O–H groups in total. The number of hydrogen-bond donors (Lipinski definition) is 1. The van der Waals surface area contributed by atoms with Gasteiger partial charge in [0, 0.05) is 5.92 Å². The van der Waals surface area contributed by atoms with Crippen molar-refractivity contribution in [3.05, 3.63) is 12.2 Å². The number of Topliss-reactive ketones (excluding diaryl/α,β-unsaturated/α-hetero) is 1. The number of carbonyl (C=O) groups is 4. The molecule has 0 aromatic rings. The molecule has 6 saturated heterocycles. The standard InChI is InChI=1S/C28H30O10/c1-22-10-17-24(3)28-18(22)19(30)27(38-28,34-11-14(22)20(31)35-17)13-9-16-26(36-16)7-4-5-15(29)23(26,2)12(13)6-8-25(28,33)21(32)37-24/h4-5,12-14,16-18,33H,6-11H2,1-3H3/t12-,13+,14-,16?,17-,18-,22+,23-,24-,25+,26?,27?,28-/m0/s1. The molecule has 6 heterocycles. The van der Waals surface area contributed by atoms with E-state index in [-0.39, 0.29) is 43.5 Å². The van der Waals surface area contributed by atoms with Gasteiger partial charge < -0.3 is 28.8 Å². The minimum absolute atomic E-state index is 0.0583. The molecule has 9 aliphatic rings. The van der Waals surface area contributed by atoms with Crippen molar-refractivity contribution in [2.45, 2.75) is 93.3 Å². The summed E-state index contributed by atoms with van der Waals surface area (Å²) in [4.78, 5) is 55.6. The monoisotopic (exact) mass is 526 g/mol. The Hall–Kier alpha value is -2.14. The van der Waals surface area contributed by atoms with E-state index in [2.05, 4.69) is 0 Å². The molecule has 0 radical (unpaired) electrons. The Bertz CT molecular complexity index is 1340. The molecule has 6 aliphatic heterocycles. The molecular formula is C28H30O10. The highest BCUT2D eigenvalue weighted by molar-refractivity contribution is 6.00. The van der Waals surface area contributed by atoms with Crippen LogP contribution in [0.2, 0.25) is 0 Å². The molecule has 0 amide bonds. The van der Waals surface area contributed by atoms with Gasteiger partial charge in [-0.1, -0.05) is 13.0 Å². The van der Waals surface area contributed by atoms with Gasteiger partial charge in [0.2, 0.25) is 5.79 Å². The lowest BCUT2D eigenvalue weighted by Crippen LogP contribution is -2.79. The van der Waals surface area contributed by atoms with Gasteiger partial charge in [0.1, 0.15) is 11.7 Å². The maximum Gasteiger partial charge on any atom is 0.342 e. The summed E-state index contributed by atoms with van der Waals surface area (Å²) in [5, 5.41) is 12.4. The van der Waals surface area contributed by atoms with E-state index in [0.717, 1.165) is 0 Å². The molecule has 3 unspecified atom stereocenters. The highest BCUT2D eigenvalue weighted by Gasteiger charge is 2.94. The van der Waals surface area contributed by atoms with Gasteiger partial charge in [-0.25, -0.2) is 4.79 Å². The van der Waals surface area contributed by atoms with E-state index in [1.165, 1.54) is 0 Å². The number of ketones is 2. The molecule has 13 atom stereocenters. The molecule has 10 heteroatoms. The quantitative estimate of drug-likeness (QED) is 0.356. The van der Waals surface area contributed by atoms with Crippen LogP contribution in [0.15, 0.2) is 12.2 Å². The minimum atomic E-state index is -2.19. The van der Waals surface area contributed by atoms with E-state index in [1.807, 2.05) is 19.9 Å². The molecule has 38 heavy (non-hydrogen) atoms. The van der Waals surface area contributed by atoms with Crippen LogP contribution in [0.3, 0.4) is 0 Å². The number of allylic oxidation sites excluding steroid dienone is 1. The number of carbonyl (C=O) groups excluding carboxylic acids is 4. The fourth-order valence-electron chi connectivity index (χ4n) is 10.9. The fourth-order valence-corrected chi connectivity index (χ4v) is 10.9. The zero-order chi connectivity index (χ0) is 26.5. The topological polar surface area (TPSA) is 138 Å². The summed E-state index contributed by atoms with van der Waals surface area (Å²) < 4.78 is 31.5. The zero-order valence-electron chi connectivity index (χ0n) is 21.5. The van der Waals surface area contributed by atoms with Gasteiger partial charge in [0.15, 0.2) is 28.4 Å². The van der Waals surface area contributed by atoms with E-state index in [1.54, 1.807) is 13.0 Å². The molecule has 10 nitrogen and oxygen atoms in total. The van der Waals surface area contributed by atoms with E-state index in [4.69, 9.17) is 23.7 Å². The molecule has 0 aromatic heterocycles. The van der Waals surface area contributed by atoms with Gasteiger partial charge >= 0.3 is 11.9 Å². The van der Waals surface area contributed by atoms with E-state index >= 15 is 0 Å². The smallest absolute Gasteiger partial charge is 0.342 e. The van der Waals surface area contributed by atoms with E-state index in [0.29, 0.717) is 12.8 Å². The van der Waals surface area contributed by atoms with Gasteiger partial charge in [0.05, 0.1) is 30.0 Å². The number of ether oxygens (including phenoxy) is 5. The fraction of sp³-hybridized carbons (Fsp3) is 0.786. The number of esters is 2. The van der Waals surface area contributed by atoms with Crippen LogP contribution >= 0.6 is 0 Å². The van der Waals surface area contributed by atoms with Gasteiger partial charge in [-0.2, -0.15) is 0 Å². The Kier molecular flexibility index (Phi) is 3.47. The van der Waals surface area contributed by atoms with Crippen molar-refractivity contribution < 1.29 is 48.0 Å². The van der Waals surface area contributed by atoms with E-state index in [9.17, 15) is 24.3 Å². The predicted octanol–water partition coefficient (Wildman–Crippen LogP) is 0.768. The Morgan fingerprint density at radius 3 is 2.63 bits per heavy atom. The first-order valence-electron chi connectivity index (χ1n) is 13.8. The van der Waals surface area contributed by atoms with Crippen LogP contribution in [0.4, 0.5) is 0 Å². The second-order valence-corrected chi connectivity index (χ2v) is 13.8. The first kappa shape index (κ1) is 22.7. The third-order valence-electron chi connectivity index (χ3n) is 12.9. The average molecular weight is 527 g/mol. The molecule has 8 fully saturated rings. The molecule has 5 bridgehead atoms. The van der Waals surface area contributed by atoms with Crippen molar-refractivity contribution in [2.24, 2.45) is 34.5 Å². The molecule has 2 saturated carbocycles. The van der Waals surface area contributed by atoms with Gasteiger partial charge in [-0.3, -0.25) is 14.4 Å². The summed E-state index contributed by atoms with van der Waals surface area (Å²) in [6, 6.07) is 0. The molecule has 9 rings (SSSR count). The Morgan fingerprint density at radius 2 is 1.84 bits per heavy atom. The highest BCUT2D eigenvalue weighted by atomic mass is 16.8. The van der Waals surface area contributed by atoms with Crippen molar-refractivity contribution in [3.63, 3.8) is 0 Å².